The largest absolute Gasteiger partial charge is 0.461 e. The molecular weight excluding hydrogens is 300 g/mol. The monoisotopic (exact) mass is 314 g/mol. The van der Waals surface area contributed by atoms with Crippen molar-refractivity contribution in [3.8, 4) is 0 Å². The van der Waals surface area contributed by atoms with Crippen LogP contribution in [0, 0.1) is 0 Å². The zero-order valence-electron chi connectivity index (χ0n) is 12.1. The molecule has 0 saturated carbocycles. The van der Waals surface area contributed by atoms with E-state index in [1.54, 1.807) is 54.6 Å². The van der Waals surface area contributed by atoms with Gasteiger partial charge in [-0.3, -0.25) is 9.59 Å². The Labute approximate surface area is 134 Å². The minimum atomic E-state index is -0.428. The second-order valence-electron chi connectivity index (χ2n) is 4.70. The molecule has 0 spiro atoms. The van der Waals surface area contributed by atoms with Crippen molar-refractivity contribution in [2.24, 2.45) is 0 Å². The number of carbonyl (C=O) groups is 2. The number of esters is 1. The summed E-state index contributed by atoms with van der Waals surface area (Å²) in [6.45, 7) is 1.25. The van der Waals surface area contributed by atoms with E-state index in [1.165, 1.54) is 6.92 Å². The minimum Gasteiger partial charge on any atom is -0.461 e. The Morgan fingerprint density at radius 1 is 1.05 bits per heavy atom. The molecule has 0 aliphatic heterocycles. The lowest BCUT2D eigenvalue weighted by Crippen LogP contribution is -2.11. The van der Waals surface area contributed by atoms with Gasteiger partial charge in [0.15, 0.2) is 5.78 Å². The molecule has 0 saturated heterocycles. The molecule has 0 aliphatic carbocycles. The molecule has 112 valence electrons. The summed E-state index contributed by atoms with van der Waals surface area (Å²) in [5.74, 6) is -0.598. The predicted molar refractivity (Wildman–Crippen MR) is 86.8 cm³/mol. The van der Waals surface area contributed by atoms with Gasteiger partial charge in [0.05, 0.1) is 0 Å². The number of hydrogen-bond donors (Lipinski definition) is 0. The van der Waals surface area contributed by atoms with Crippen LogP contribution >= 0.6 is 11.6 Å². The molecule has 0 unspecified atom stereocenters. The van der Waals surface area contributed by atoms with E-state index < -0.39 is 5.97 Å². The highest BCUT2D eigenvalue weighted by molar-refractivity contribution is 6.30. The minimum absolute atomic E-state index is 0.0638. The zero-order chi connectivity index (χ0) is 15.9. The van der Waals surface area contributed by atoms with Gasteiger partial charge in [-0.05, 0) is 23.8 Å². The van der Waals surface area contributed by atoms with E-state index in [0.29, 0.717) is 16.2 Å². The molecule has 0 heterocycles. The maximum absolute atomic E-state index is 12.5. The second kappa shape index (κ2) is 7.57. The Morgan fingerprint density at radius 2 is 1.68 bits per heavy atom. The molecule has 0 N–H and O–H groups in total. The molecule has 3 nitrogen and oxygen atoms in total. The third-order valence-corrected chi connectivity index (χ3v) is 3.22. The van der Waals surface area contributed by atoms with Crippen molar-refractivity contribution in [2.45, 2.75) is 6.92 Å². The number of Topliss-reactive ketones (excluding diaryl/α,β-unsaturated/α-hetero) is 1. The summed E-state index contributed by atoms with van der Waals surface area (Å²) in [7, 11) is 0. The maximum Gasteiger partial charge on any atom is 0.302 e. The molecule has 22 heavy (non-hydrogen) atoms. The molecule has 0 atom stereocenters. The Hall–Kier alpha value is -2.39. The molecule has 2 aromatic rings. The summed E-state index contributed by atoms with van der Waals surface area (Å²) in [4.78, 5) is 23.6. The van der Waals surface area contributed by atoms with E-state index in [4.69, 9.17) is 16.3 Å². The predicted octanol–water partition coefficient (Wildman–Crippen LogP) is 4.17. The van der Waals surface area contributed by atoms with Gasteiger partial charge in [0, 0.05) is 23.1 Å². The number of rotatable bonds is 5. The fourth-order valence-corrected chi connectivity index (χ4v) is 2.01. The molecule has 0 amide bonds. The Kier molecular flexibility index (Phi) is 5.50. The lowest BCUT2D eigenvalue weighted by atomic mass is 10.0. The maximum atomic E-state index is 12.5. The third kappa shape index (κ3) is 4.57. The molecule has 4 heteroatoms. The fraction of sp³-hybridized carbons (Fsp3) is 0.111. The van der Waals surface area contributed by atoms with Crippen LogP contribution in [0.25, 0.3) is 6.08 Å². The van der Waals surface area contributed by atoms with Crippen LogP contribution < -0.4 is 0 Å². The van der Waals surface area contributed by atoms with E-state index in [9.17, 15) is 9.59 Å². The summed E-state index contributed by atoms with van der Waals surface area (Å²) in [5, 5.41) is 0.619. The molecule has 0 bridgehead atoms. The Balaban J connectivity index is 2.31. The molecule has 2 aromatic carbocycles. The lowest BCUT2D eigenvalue weighted by molar-refractivity contribution is -0.139. The normalized spacial score (nSPS) is 11.1. The molecular formula is C18H15ClO3. The van der Waals surface area contributed by atoms with Crippen molar-refractivity contribution in [1.29, 1.82) is 0 Å². The first kappa shape index (κ1) is 16.0. The van der Waals surface area contributed by atoms with Gasteiger partial charge in [-0.1, -0.05) is 54.1 Å². The first-order valence-electron chi connectivity index (χ1n) is 6.75. The number of ether oxygens (including phenoxy) is 1. The molecule has 0 radical (unpaired) electrons. The van der Waals surface area contributed by atoms with Gasteiger partial charge in [0.25, 0.3) is 0 Å². The number of ketones is 1. The zero-order valence-corrected chi connectivity index (χ0v) is 12.8. The van der Waals surface area contributed by atoms with E-state index in [0.717, 1.165) is 5.56 Å². The first-order chi connectivity index (χ1) is 10.6. The highest BCUT2D eigenvalue weighted by Crippen LogP contribution is 2.16. The van der Waals surface area contributed by atoms with Crippen molar-refractivity contribution >= 4 is 29.4 Å². The van der Waals surface area contributed by atoms with Gasteiger partial charge in [-0.25, -0.2) is 0 Å². The van der Waals surface area contributed by atoms with Crippen molar-refractivity contribution in [2.75, 3.05) is 6.61 Å². The van der Waals surface area contributed by atoms with Gasteiger partial charge >= 0.3 is 5.97 Å². The summed E-state index contributed by atoms with van der Waals surface area (Å²) >= 11 is 5.85. The van der Waals surface area contributed by atoms with Crippen molar-refractivity contribution < 1.29 is 14.3 Å². The highest BCUT2D eigenvalue weighted by Gasteiger charge is 2.13. The number of hydrogen-bond acceptors (Lipinski definition) is 3. The Morgan fingerprint density at radius 3 is 2.27 bits per heavy atom. The highest BCUT2D eigenvalue weighted by atomic mass is 35.5. The average molecular weight is 315 g/mol. The third-order valence-electron chi connectivity index (χ3n) is 2.97. The fourth-order valence-electron chi connectivity index (χ4n) is 1.89. The SMILES string of the molecule is CC(=O)OC/C(=C\c1ccc(Cl)cc1)C(=O)c1ccccc1. The van der Waals surface area contributed by atoms with Crippen LogP contribution in [-0.4, -0.2) is 18.4 Å². The van der Waals surface area contributed by atoms with Crippen LogP contribution in [-0.2, 0) is 9.53 Å². The van der Waals surface area contributed by atoms with E-state index in [1.807, 2.05) is 6.07 Å². The number of benzene rings is 2. The Bertz CT molecular complexity index is 688. The topological polar surface area (TPSA) is 43.4 Å². The summed E-state index contributed by atoms with van der Waals surface area (Å²) in [5.41, 5.74) is 1.77. The van der Waals surface area contributed by atoms with Crippen LogP contribution in [0.4, 0.5) is 0 Å². The van der Waals surface area contributed by atoms with Crippen LogP contribution in [0.1, 0.15) is 22.8 Å². The van der Waals surface area contributed by atoms with Gasteiger partial charge in [0.2, 0.25) is 0 Å². The summed E-state index contributed by atoms with van der Waals surface area (Å²) in [6, 6.07) is 16.0. The van der Waals surface area contributed by atoms with Gasteiger partial charge in [-0.15, -0.1) is 0 Å². The quantitative estimate of drug-likeness (QED) is 0.472. The van der Waals surface area contributed by atoms with Crippen LogP contribution in [0.3, 0.4) is 0 Å². The molecule has 0 aliphatic rings. The van der Waals surface area contributed by atoms with Gasteiger partial charge in [0.1, 0.15) is 6.61 Å². The van der Waals surface area contributed by atoms with E-state index in [-0.39, 0.29) is 12.4 Å². The van der Waals surface area contributed by atoms with E-state index >= 15 is 0 Å². The van der Waals surface area contributed by atoms with Crippen molar-refractivity contribution in [3.63, 3.8) is 0 Å². The average Bonchev–Trinajstić information content (AvgIpc) is 2.53. The summed E-state index contributed by atoms with van der Waals surface area (Å²) < 4.78 is 4.99. The summed E-state index contributed by atoms with van der Waals surface area (Å²) in [6.07, 6.45) is 1.70. The standard InChI is InChI=1S/C18H15ClO3/c1-13(20)22-12-16(11-14-7-9-17(19)10-8-14)18(21)15-5-3-2-4-6-15/h2-11H,12H2,1H3/b16-11+. The van der Waals surface area contributed by atoms with Gasteiger partial charge < -0.3 is 4.74 Å². The lowest BCUT2D eigenvalue weighted by Gasteiger charge is -2.08. The number of halogens is 1. The van der Waals surface area contributed by atoms with Crippen LogP contribution in [0.2, 0.25) is 5.02 Å². The first-order valence-corrected chi connectivity index (χ1v) is 7.13. The smallest absolute Gasteiger partial charge is 0.302 e. The van der Waals surface area contributed by atoms with Crippen molar-refractivity contribution in [3.05, 3.63) is 76.3 Å². The second-order valence-corrected chi connectivity index (χ2v) is 5.13. The molecule has 0 fully saturated rings. The molecule has 0 aromatic heterocycles. The molecule has 2 rings (SSSR count). The van der Waals surface area contributed by atoms with Crippen LogP contribution in [0.15, 0.2) is 60.2 Å². The van der Waals surface area contributed by atoms with E-state index in [2.05, 4.69) is 0 Å². The van der Waals surface area contributed by atoms with Crippen molar-refractivity contribution in [1.82, 2.24) is 0 Å². The van der Waals surface area contributed by atoms with Crippen LogP contribution in [0.5, 0.6) is 0 Å². The van der Waals surface area contributed by atoms with Gasteiger partial charge in [-0.2, -0.15) is 0 Å². The number of carbonyl (C=O) groups excluding carboxylic acids is 2.